The highest BCUT2D eigenvalue weighted by molar-refractivity contribution is 7.90. The predicted octanol–water partition coefficient (Wildman–Crippen LogP) is -3.62. The van der Waals surface area contributed by atoms with E-state index in [1.54, 1.807) is 0 Å². The van der Waals surface area contributed by atoms with Crippen molar-refractivity contribution in [2.45, 2.75) is 42.2 Å². The molecule has 0 aromatic heterocycles. The van der Waals surface area contributed by atoms with Crippen molar-refractivity contribution >= 4 is 38.8 Å². The number of amides is 1. The van der Waals surface area contributed by atoms with E-state index in [4.69, 9.17) is 9.29 Å². The van der Waals surface area contributed by atoms with Crippen LogP contribution in [0.1, 0.15) is 12.8 Å². The van der Waals surface area contributed by atoms with Crippen LogP contribution in [0.5, 0.6) is 0 Å². The fourth-order valence-corrected chi connectivity index (χ4v) is 4.12. The van der Waals surface area contributed by atoms with E-state index in [1.165, 1.54) is 5.48 Å². The molecule has 1 amide bonds. The quantitative estimate of drug-likeness (QED) is 0.0989. The zero-order valence-electron chi connectivity index (χ0n) is 14.6. The van der Waals surface area contributed by atoms with Crippen LogP contribution in [0.15, 0.2) is 0 Å². The van der Waals surface area contributed by atoms with Crippen molar-refractivity contribution in [1.29, 1.82) is 0 Å². The molecule has 0 aromatic rings. The van der Waals surface area contributed by atoms with Crippen LogP contribution < -0.4 is 5.48 Å². The Morgan fingerprint density at radius 3 is 2.29 bits per heavy atom. The van der Waals surface area contributed by atoms with Crippen LogP contribution in [-0.4, -0.2) is 95.7 Å². The van der Waals surface area contributed by atoms with Gasteiger partial charge in [-0.1, -0.05) is 0 Å². The Morgan fingerprint density at radius 2 is 1.82 bits per heavy atom. The van der Waals surface area contributed by atoms with Gasteiger partial charge < -0.3 is 25.2 Å². The SMILES string of the molecule is CS(=O)(=O)CCCC(C(=O)NOS(=O)(=O)O)[C@@]1(S)O[C@H](CO)[C@@H](O)[C@H](O)[C@H]1O. The van der Waals surface area contributed by atoms with E-state index in [0.717, 1.165) is 6.26 Å². The molecule has 1 fully saturated rings. The van der Waals surface area contributed by atoms with Gasteiger partial charge >= 0.3 is 10.4 Å². The van der Waals surface area contributed by atoms with Gasteiger partial charge in [-0.2, -0.15) is 8.42 Å². The number of carbonyl (C=O) groups is 1. The third-order valence-corrected chi connectivity index (χ3v) is 6.08. The Balaban J connectivity index is 3.17. The zero-order chi connectivity index (χ0) is 21.9. The Labute approximate surface area is 166 Å². The fraction of sp³-hybridized carbons (Fsp3) is 0.917. The lowest BCUT2D eigenvalue weighted by Gasteiger charge is -2.48. The van der Waals surface area contributed by atoms with E-state index in [1.807, 2.05) is 0 Å². The minimum Gasteiger partial charge on any atom is -0.394 e. The van der Waals surface area contributed by atoms with Gasteiger partial charge in [0.05, 0.1) is 12.5 Å². The van der Waals surface area contributed by atoms with Crippen LogP contribution in [0, 0.1) is 5.92 Å². The molecule has 6 atom stereocenters. The normalized spacial score (nSPS) is 32.7. The van der Waals surface area contributed by atoms with Gasteiger partial charge in [0.25, 0.3) is 5.91 Å². The molecule has 1 heterocycles. The standard InChI is InChI=1S/C12H23NO12S3/c1-27(19,20)4-2-3-6(11(18)13-25-28(21,22)23)12(26)10(17)9(16)8(15)7(5-14)24-12/h6-10,14-17,26H,2-5H2,1H3,(H,13,18)(H,21,22,23)/t6?,7-,8-,9+,10-,12+/m1/s1. The summed E-state index contributed by atoms with van der Waals surface area (Å²) < 4.78 is 61.5. The average Bonchev–Trinajstić information content (AvgIpc) is 2.56. The average molecular weight is 470 g/mol. The lowest BCUT2D eigenvalue weighted by atomic mass is 9.84. The molecular formula is C12H23NO12S3. The second kappa shape index (κ2) is 9.50. The van der Waals surface area contributed by atoms with Crippen LogP contribution in [0.25, 0.3) is 0 Å². The number of hydrogen-bond donors (Lipinski definition) is 7. The highest BCUT2D eigenvalue weighted by Crippen LogP contribution is 2.41. The number of hydroxylamine groups is 1. The molecule has 1 rings (SSSR count). The Bertz CT molecular complexity index is 754. The molecule has 0 aliphatic carbocycles. The smallest absolute Gasteiger partial charge is 0.394 e. The molecule has 1 aliphatic heterocycles. The molecule has 6 N–H and O–H groups in total. The van der Waals surface area contributed by atoms with Crippen molar-refractivity contribution in [2.75, 3.05) is 18.6 Å². The topological polar surface area (TPSA) is 217 Å². The molecule has 0 saturated carbocycles. The first-order valence-electron chi connectivity index (χ1n) is 7.81. The van der Waals surface area contributed by atoms with E-state index in [0.29, 0.717) is 0 Å². The number of aliphatic hydroxyl groups is 4. The maximum Gasteiger partial charge on any atom is 0.418 e. The van der Waals surface area contributed by atoms with E-state index >= 15 is 0 Å². The summed E-state index contributed by atoms with van der Waals surface area (Å²) in [5.41, 5.74) is 1.40. The number of nitrogens with one attached hydrogen (secondary N) is 1. The second-order valence-electron chi connectivity index (χ2n) is 6.32. The number of aliphatic hydroxyl groups excluding tert-OH is 4. The molecule has 0 spiro atoms. The molecule has 1 unspecified atom stereocenters. The van der Waals surface area contributed by atoms with Crippen LogP contribution in [0.2, 0.25) is 0 Å². The molecule has 28 heavy (non-hydrogen) atoms. The van der Waals surface area contributed by atoms with E-state index in [9.17, 15) is 42.1 Å². The molecule has 1 saturated heterocycles. The van der Waals surface area contributed by atoms with Crippen LogP contribution in [0.3, 0.4) is 0 Å². The van der Waals surface area contributed by atoms with Gasteiger partial charge in [-0.3, -0.25) is 9.35 Å². The van der Waals surface area contributed by atoms with Gasteiger partial charge in [0, 0.05) is 12.0 Å². The van der Waals surface area contributed by atoms with E-state index in [2.05, 4.69) is 16.9 Å². The van der Waals surface area contributed by atoms with Gasteiger partial charge in [-0.25, -0.2) is 13.9 Å². The first-order chi connectivity index (χ1) is 12.6. The van der Waals surface area contributed by atoms with Gasteiger partial charge in [0.2, 0.25) is 0 Å². The largest absolute Gasteiger partial charge is 0.418 e. The van der Waals surface area contributed by atoms with Crippen LogP contribution in [0.4, 0.5) is 0 Å². The predicted molar refractivity (Wildman–Crippen MR) is 94.9 cm³/mol. The summed E-state index contributed by atoms with van der Waals surface area (Å²) in [5, 5.41) is 39.4. The van der Waals surface area contributed by atoms with Gasteiger partial charge in [-0.15, -0.1) is 16.9 Å². The summed E-state index contributed by atoms with van der Waals surface area (Å²) in [7, 11) is -8.52. The highest BCUT2D eigenvalue weighted by Gasteiger charge is 2.57. The number of thiol groups is 1. The fourth-order valence-electron chi connectivity index (χ4n) is 2.71. The van der Waals surface area contributed by atoms with Crippen LogP contribution in [-0.2, 0) is 34.1 Å². The Kier molecular flexibility index (Phi) is 8.64. The molecule has 166 valence electrons. The molecule has 0 radical (unpaired) electrons. The van der Waals surface area contributed by atoms with Gasteiger partial charge in [-0.05, 0) is 12.8 Å². The lowest BCUT2D eigenvalue weighted by molar-refractivity contribution is -0.254. The summed E-state index contributed by atoms with van der Waals surface area (Å²) >= 11 is 4.07. The van der Waals surface area contributed by atoms with E-state index in [-0.39, 0.29) is 18.6 Å². The number of hydrogen-bond acceptors (Lipinski definition) is 12. The first-order valence-corrected chi connectivity index (χ1v) is 11.7. The van der Waals surface area contributed by atoms with Crippen molar-refractivity contribution in [2.24, 2.45) is 5.92 Å². The van der Waals surface area contributed by atoms with Gasteiger partial charge in [0.15, 0.2) is 4.93 Å². The van der Waals surface area contributed by atoms with Crippen molar-refractivity contribution < 1.29 is 55.6 Å². The third kappa shape index (κ3) is 6.75. The van der Waals surface area contributed by atoms with Crippen molar-refractivity contribution in [3.05, 3.63) is 0 Å². The molecule has 13 nitrogen and oxygen atoms in total. The highest BCUT2D eigenvalue weighted by atomic mass is 32.3. The molecule has 0 aromatic carbocycles. The lowest BCUT2D eigenvalue weighted by Crippen LogP contribution is -2.67. The summed E-state index contributed by atoms with van der Waals surface area (Å²) in [6.07, 6.45) is -6.69. The van der Waals surface area contributed by atoms with Crippen molar-refractivity contribution in [1.82, 2.24) is 5.48 Å². The summed E-state index contributed by atoms with van der Waals surface area (Å²) in [6.45, 7) is -0.827. The van der Waals surface area contributed by atoms with Crippen molar-refractivity contribution in [3.8, 4) is 0 Å². The Hall–Kier alpha value is -0.560. The molecular weight excluding hydrogens is 446 g/mol. The minimum atomic E-state index is -5.08. The molecule has 1 aliphatic rings. The first kappa shape index (κ1) is 25.5. The summed E-state index contributed by atoms with van der Waals surface area (Å²) in [4.78, 5) is 10.1. The van der Waals surface area contributed by atoms with E-state index < -0.39 is 68.0 Å². The monoisotopic (exact) mass is 469 g/mol. The number of sulfone groups is 1. The molecule has 0 bridgehead atoms. The molecule has 16 heteroatoms. The van der Waals surface area contributed by atoms with Crippen molar-refractivity contribution in [3.63, 3.8) is 0 Å². The summed E-state index contributed by atoms with van der Waals surface area (Å²) in [6, 6.07) is 0. The third-order valence-electron chi connectivity index (χ3n) is 4.07. The summed E-state index contributed by atoms with van der Waals surface area (Å²) in [5.74, 6) is -3.31. The minimum absolute atomic E-state index is 0.163. The number of ether oxygens (including phenoxy) is 1. The van der Waals surface area contributed by atoms with Crippen LogP contribution >= 0.6 is 12.6 Å². The van der Waals surface area contributed by atoms with Gasteiger partial charge in [0.1, 0.15) is 34.3 Å². The zero-order valence-corrected chi connectivity index (χ0v) is 17.1. The Morgan fingerprint density at radius 1 is 1.25 bits per heavy atom. The maximum atomic E-state index is 12.4. The second-order valence-corrected chi connectivity index (χ2v) is 10.3. The number of carbonyl (C=O) groups excluding carboxylic acids is 1. The maximum absolute atomic E-state index is 12.4. The number of rotatable bonds is 9.